The van der Waals surface area contributed by atoms with E-state index in [1.165, 1.54) is 4.88 Å². The Hall–Kier alpha value is -2.05. The molecule has 2 aliphatic heterocycles. The van der Waals surface area contributed by atoms with E-state index in [1.54, 1.807) is 11.3 Å². The second-order valence-electron chi connectivity index (χ2n) is 6.52. The largest absolute Gasteiger partial charge is 0.311 e. The van der Waals surface area contributed by atoms with Crippen molar-refractivity contribution in [3.63, 3.8) is 0 Å². The van der Waals surface area contributed by atoms with Crippen molar-refractivity contribution in [3.05, 3.63) is 41.0 Å². The number of aromatic nitrogens is 1. The van der Waals surface area contributed by atoms with Crippen molar-refractivity contribution in [1.82, 2.24) is 15.6 Å². The van der Waals surface area contributed by atoms with Gasteiger partial charge >= 0.3 is 0 Å². The van der Waals surface area contributed by atoms with Gasteiger partial charge in [-0.3, -0.25) is 4.79 Å². The smallest absolute Gasteiger partial charge is 0.257 e. The van der Waals surface area contributed by atoms with Gasteiger partial charge in [0.05, 0.1) is 22.1 Å². The third kappa shape index (κ3) is 2.46. The summed E-state index contributed by atoms with van der Waals surface area (Å²) in [6, 6.07) is 8.28. The zero-order chi connectivity index (χ0) is 16.7. The first kappa shape index (κ1) is 15.5. The second-order valence-corrected chi connectivity index (χ2v) is 7.37. The predicted octanol–water partition coefficient (Wildman–Crippen LogP) is 2.61. The molecule has 0 bridgehead atoms. The molecule has 1 saturated heterocycles. The summed E-state index contributed by atoms with van der Waals surface area (Å²) in [5.74, 6) is 0.732. The van der Waals surface area contributed by atoms with E-state index in [0.29, 0.717) is 0 Å². The number of aryl methyl sites for hydroxylation is 1. The summed E-state index contributed by atoms with van der Waals surface area (Å²) in [5.41, 5.74) is 4.09. The molecule has 2 aliphatic rings. The molecule has 0 aliphatic carbocycles. The van der Waals surface area contributed by atoms with Gasteiger partial charge < -0.3 is 10.6 Å². The number of hydrogen-bond donors (Lipinski definition) is 2. The first-order chi connectivity index (χ1) is 11.6. The summed E-state index contributed by atoms with van der Waals surface area (Å²) in [7, 11) is 0. The molecule has 0 spiro atoms. The molecular formula is C18H20N4OS. The standard InChI is InChI=1S/C18H20N4OS/c1-11-15(24-10-20-11)12-5-7-13(8-6-12)18(2)17(23)21-16(22-18)14-4-3-9-19-14/h5-8,10,14,19H,3-4,9H2,1-2H3,(H,21,22,23)/t14?,18-/m0/s1. The van der Waals surface area contributed by atoms with Crippen molar-refractivity contribution in [2.75, 3.05) is 6.54 Å². The highest BCUT2D eigenvalue weighted by molar-refractivity contribution is 7.13. The number of nitrogens with zero attached hydrogens (tertiary/aromatic N) is 2. The van der Waals surface area contributed by atoms with E-state index in [1.807, 2.05) is 31.5 Å². The lowest BCUT2D eigenvalue weighted by Crippen LogP contribution is -2.41. The molecule has 124 valence electrons. The molecule has 1 fully saturated rings. The number of aliphatic imine (C=N–C) groups is 1. The Kier molecular flexibility index (Phi) is 3.73. The number of thiazole rings is 1. The van der Waals surface area contributed by atoms with Gasteiger partial charge in [-0.15, -0.1) is 11.3 Å². The van der Waals surface area contributed by atoms with E-state index in [9.17, 15) is 4.79 Å². The van der Waals surface area contributed by atoms with E-state index in [4.69, 9.17) is 4.99 Å². The number of carbonyl (C=O) groups is 1. The van der Waals surface area contributed by atoms with Crippen molar-refractivity contribution in [2.45, 2.75) is 38.3 Å². The van der Waals surface area contributed by atoms with Crippen LogP contribution in [-0.4, -0.2) is 29.3 Å². The Labute approximate surface area is 145 Å². The van der Waals surface area contributed by atoms with Crippen molar-refractivity contribution >= 4 is 23.1 Å². The summed E-state index contributed by atoms with van der Waals surface area (Å²) in [6.07, 6.45) is 2.15. The average molecular weight is 340 g/mol. The summed E-state index contributed by atoms with van der Waals surface area (Å²) in [6.45, 7) is 4.88. The Bertz CT molecular complexity index is 805. The molecule has 5 nitrogen and oxygen atoms in total. The van der Waals surface area contributed by atoms with Crippen molar-refractivity contribution < 1.29 is 4.79 Å². The number of benzene rings is 1. The number of carbonyl (C=O) groups excluding carboxylic acids is 1. The quantitative estimate of drug-likeness (QED) is 0.903. The SMILES string of the molecule is Cc1ncsc1-c1ccc([C@]2(C)N=C(C3CCCN3)NC2=O)cc1. The third-order valence-electron chi connectivity index (χ3n) is 4.87. The van der Waals surface area contributed by atoms with Crippen LogP contribution >= 0.6 is 11.3 Å². The minimum atomic E-state index is -0.846. The lowest BCUT2D eigenvalue weighted by atomic mass is 9.91. The molecule has 1 unspecified atom stereocenters. The highest BCUT2D eigenvalue weighted by atomic mass is 32.1. The average Bonchev–Trinajstić information content (AvgIpc) is 3.30. The highest BCUT2D eigenvalue weighted by Crippen LogP contribution is 2.33. The van der Waals surface area contributed by atoms with E-state index >= 15 is 0 Å². The van der Waals surface area contributed by atoms with Crippen LogP contribution in [0.25, 0.3) is 10.4 Å². The Balaban J connectivity index is 1.65. The fourth-order valence-corrected chi connectivity index (χ4v) is 4.17. The van der Waals surface area contributed by atoms with Crippen LogP contribution in [0.2, 0.25) is 0 Å². The number of amides is 1. The minimum absolute atomic E-state index is 0.0482. The molecule has 2 aromatic rings. The van der Waals surface area contributed by atoms with Crippen LogP contribution in [0.1, 0.15) is 31.0 Å². The summed E-state index contributed by atoms with van der Waals surface area (Å²) < 4.78 is 0. The summed E-state index contributed by atoms with van der Waals surface area (Å²) >= 11 is 1.63. The highest BCUT2D eigenvalue weighted by Gasteiger charge is 2.42. The van der Waals surface area contributed by atoms with Crippen LogP contribution in [0.5, 0.6) is 0 Å². The molecule has 3 heterocycles. The molecular weight excluding hydrogens is 320 g/mol. The molecule has 6 heteroatoms. The Morgan fingerprint density at radius 2 is 2.08 bits per heavy atom. The van der Waals surface area contributed by atoms with Gasteiger partial charge in [0.15, 0.2) is 5.54 Å². The van der Waals surface area contributed by atoms with Gasteiger partial charge in [-0.2, -0.15) is 0 Å². The van der Waals surface area contributed by atoms with E-state index in [0.717, 1.165) is 42.0 Å². The molecule has 0 radical (unpaired) electrons. The molecule has 24 heavy (non-hydrogen) atoms. The third-order valence-corrected chi connectivity index (χ3v) is 5.85. The molecule has 1 amide bonds. The summed E-state index contributed by atoms with van der Waals surface area (Å²) in [5, 5.41) is 6.37. The van der Waals surface area contributed by atoms with Crippen LogP contribution in [0.3, 0.4) is 0 Å². The normalized spacial score (nSPS) is 26.5. The van der Waals surface area contributed by atoms with Crippen LogP contribution in [0.4, 0.5) is 0 Å². The maximum absolute atomic E-state index is 12.6. The van der Waals surface area contributed by atoms with Gasteiger partial charge in [0.2, 0.25) is 0 Å². The van der Waals surface area contributed by atoms with Crippen LogP contribution in [0, 0.1) is 6.92 Å². The molecule has 0 saturated carbocycles. The number of amidine groups is 1. The zero-order valence-electron chi connectivity index (χ0n) is 13.8. The van der Waals surface area contributed by atoms with Crippen LogP contribution < -0.4 is 10.6 Å². The topological polar surface area (TPSA) is 66.4 Å². The van der Waals surface area contributed by atoms with Gasteiger partial charge in [-0.05, 0) is 44.4 Å². The number of hydrogen-bond acceptors (Lipinski definition) is 5. The maximum atomic E-state index is 12.6. The first-order valence-electron chi connectivity index (χ1n) is 8.23. The molecule has 2 atom stereocenters. The lowest BCUT2D eigenvalue weighted by Gasteiger charge is -2.18. The molecule has 2 N–H and O–H groups in total. The first-order valence-corrected chi connectivity index (χ1v) is 9.11. The lowest BCUT2D eigenvalue weighted by molar-refractivity contribution is -0.123. The van der Waals surface area contributed by atoms with Crippen molar-refractivity contribution in [2.24, 2.45) is 4.99 Å². The van der Waals surface area contributed by atoms with Gasteiger partial charge in [0.1, 0.15) is 5.84 Å². The predicted molar refractivity (Wildman–Crippen MR) is 96.2 cm³/mol. The number of nitrogens with one attached hydrogen (secondary N) is 2. The minimum Gasteiger partial charge on any atom is -0.311 e. The van der Waals surface area contributed by atoms with Crippen LogP contribution in [-0.2, 0) is 10.3 Å². The van der Waals surface area contributed by atoms with E-state index < -0.39 is 5.54 Å². The van der Waals surface area contributed by atoms with E-state index in [-0.39, 0.29) is 11.9 Å². The maximum Gasteiger partial charge on any atom is 0.257 e. The van der Waals surface area contributed by atoms with Crippen LogP contribution in [0.15, 0.2) is 34.8 Å². The Morgan fingerprint density at radius 3 is 2.71 bits per heavy atom. The second kappa shape index (κ2) is 5.79. The van der Waals surface area contributed by atoms with Gasteiger partial charge in [-0.1, -0.05) is 24.3 Å². The summed E-state index contributed by atoms with van der Waals surface area (Å²) in [4.78, 5) is 22.8. The monoisotopic (exact) mass is 340 g/mol. The molecule has 1 aromatic carbocycles. The van der Waals surface area contributed by atoms with E-state index in [2.05, 4.69) is 27.8 Å². The van der Waals surface area contributed by atoms with Crippen molar-refractivity contribution in [3.8, 4) is 10.4 Å². The van der Waals surface area contributed by atoms with Gasteiger partial charge in [0, 0.05) is 0 Å². The Morgan fingerprint density at radius 1 is 1.29 bits per heavy atom. The fraction of sp³-hybridized carbons (Fsp3) is 0.389. The van der Waals surface area contributed by atoms with Gasteiger partial charge in [-0.25, -0.2) is 9.98 Å². The number of rotatable bonds is 3. The molecule has 4 rings (SSSR count). The van der Waals surface area contributed by atoms with Crippen molar-refractivity contribution in [1.29, 1.82) is 0 Å². The van der Waals surface area contributed by atoms with Gasteiger partial charge in [0.25, 0.3) is 5.91 Å². The fourth-order valence-electron chi connectivity index (χ4n) is 3.36. The molecule has 1 aromatic heterocycles. The zero-order valence-corrected chi connectivity index (χ0v) is 14.6.